The molecule has 0 N–H and O–H groups in total. The van der Waals surface area contributed by atoms with Crippen molar-refractivity contribution in [3.05, 3.63) is 57.8 Å². The summed E-state index contributed by atoms with van der Waals surface area (Å²) in [6, 6.07) is 7.55. The van der Waals surface area contributed by atoms with Crippen LogP contribution in [-0.4, -0.2) is 71.4 Å². The van der Waals surface area contributed by atoms with Crippen molar-refractivity contribution in [3.63, 3.8) is 0 Å². The van der Waals surface area contributed by atoms with Crippen LogP contribution >= 0.6 is 0 Å². The lowest BCUT2D eigenvalue weighted by Gasteiger charge is -2.30. The highest BCUT2D eigenvalue weighted by molar-refractivity contribution is 5.92. The van der Waals surface area contributed by atoms with E-state index in [1.807, 2.05) is 0 Å². The Bertz CT molecular complexity index is 957. The highest BCUT2D eigenvalue weighted by Crippen LogP contribution is 2.14. The summed E-state index contributed by atoms with van der Waals surface area (Å²) >= 11 is 0. The van der Waals surface area contributed by atoms with Crippen LogP contribution in [-0.2, 0) is 4.74 Å². The maximum Gasteiger partial charge on any atom is 0.278 e. The summed E-state index contributed by atoms with van der Waals surface area (Å²) in [5, 5.41) is 4.30. The van der Waals surface area contributed by atoms with E-state index in [0.717, 1.165) is 45.3 Å². The van der Waals surface area contributed by atoms with Gasteiger partial charge in [-0.15, -0.1) is 0 Å². The van der Waals surface area contributed by atoms with Crippen LogP contribution in [0.25, 0.3) is 5.69 Å². The van der Waals surface area contributed by atoms with Gasteiger partial charge in [-0.1, -0.05) is 38.3 Å². The number of carbonyl (C=O) groups excluding carboxylic acids is 1. The molecule has 1 aliphatic rings. The minimum atomic E-state index is -0.464. The zero-order valence-corrected chi connectivity index (χ0v) is 19.1. The van der Waals surface area contributed by atoms with Gasteiger partial charge in [0.25, 0.3) is 5.91 Å². The highest BCUT2D eigenvalue weighted by Gasteiger charge is 2.23. The maximum absolute atomic E-state index is 14.4. The number of para-hydroxylation sites is 1. The van der Waals surface area contributed by atoms with Crippen molar-refractivity contribution in [2.45, 2.75) is 39.5 Å². The average molecular weight is 445 g/mol. The zero-order valence-electron chi connectivity index (χ0n) is 19.1. The lowest BCUT2D eigenvalue weighted by Crippen LogP contribution is -2.44. The first-order chi connectivity index (χ1) is 15.5. The minimum absolute atomic E-state index is 0.170. The van der Waals surface area contributed by atoms with Crippen molar-refractivity contribution in [1.29, 1.82) is 0 Å². The lowest BCUT2D eigenvalue weighted by molar-refractivity contribution is 0.0323. The number of rotatable bonds is 10. The van der Waals surface area contributed by atoms with Crippen LogP contribution in [0.4, 0.5) is 4.39 Å². The molecule has 7 nitrogen and oxygen atoms in total. The second-order valence-electron chi connectivity index (χ2n) is 8.17. The van der Waals surface area contributed by atoms with Gasteiger partial charge in [-0.3, -0.25) is 14.5 Å². The van der Waals surface area contributed by atoms with Crippen molar-refractivity contribution in [1.82, 2.24) is 19.6 Å². The van der Waals surface area contributed by atoms with Gasteiger partial charge in [0, 0.05) is 44.5 Å². The van der Waals surface area contributed by atoms with Gasteiger partial charge in [0.1, 0.15) is 11.5 Å². The molecule has 8 heteroatoms. The fourth-order valence-corrected chi connectivity index (χ4v) is 3.84. The highest BCUT2D eigenvalue weighted by atomic mass is 19.1. The maximum atomic E-state index is 14.4. The smallest absolute Gasteiger partial charge is 0.278 e. The van der Waals surface area contributed by atoms with Gasteiger partial charge in [-0.05, 0) is 25.5 Å². The fourth-order valence-electron chi connectivity index (χ4n) is 3.84. The molecule has 0 spiro atoms. The third kappa shape index (κ3) is 6.23. The predicted octanol–water partition coefficient (Wildman–Crippen LogP) is 3.03. The summed E-state index contributed by atoms with van der Waals surface area (Å²) in [5.41, 5.74) is 0.0719. The third-order valence-corrected chi connectivity index (χ3v) is 5.75. The number of morpholine rings is 1. The first kappa shape index (κ1) is 24.1. The molecule has 0 atom stereocenters. The van der Waals surface area contributed by atoms with E-state index in [1.54, 1.807) is 30.0 Å². The molecule has 32 heavy (non-hydrogen) atoms. The normalized spacial score (nSPS) is 14.5. The number of halogens is 1. The molecule has 0 bridgehead atoms. The quantitative estimate of drug-likeness (QED) is 0.527. The topological polar surface area (TPSA) is 67.7 Å². The molecule has 1 aliphatic heterocycles. The van der Waals surface area contributed by atoms with E-state index in [4.69, 9.17) is 4.74 Å². The number of hydrogen-bond donors (Lipinski definition) is 0. The number of aromatic nitrogens is 2. The number of aryl methyl sites for hydroxylation is 1. The summed E-state index contributed by atoms with van der Waals surface area (Å²) in [6.45, 7) is 8.67. The Balaban J connectivity index is 1.83. The Morgan fingerprint density at radius 1 is 1.16 bits per heavy atom. The molecule has 2 heterocycles. The molecule has 2 aromatic rings. The van der Waals surface area contributed by atoms with Crippen LogP contribution < -0.4 is 5.43 Å². The van der Waals surface area contributed by atoms with Crippen molar-refractivity contribution in [3.8, 4) is 5.69 Å². The number of amides is 1. The van der Waals surface area contributed by atoms with Crippen LogP contribution in [0, 0.1) is 12.7 Å². The van der Waals surface area contributed by atoms with Crippen LogP contribution in [0.1, 0.15) is 48.8 Å². The first-order valence-electron chi connectivity index (χ1n) is 11.5. The Labute approximate surface area is 188 Å². The molecule has 0 unspecified atom stereocenters. The van der Waals surface area contributed by atoms with E-state index in [-0.39, 0.29) is 11.4 Å². The van der Waals surface area contributed by atoms with Gasteiger partial charge in [-0.25, -0.2) is 9.07 Å². The molecule has 1 aromatic carbocycles. The second kappa shape index (κ2) is 11.9. The summed E-state index contributed by atoms with van der Waals surface area (Å²) in [4.78, 5) is 30.1. The first-order valence-corrected chi connectivity index (χ1v) is 11.5. The van der Waals surface area contributed by atoms with Crippen LogP contribution in [0.15, 0.2) is 35.1 Å². The van der Waals surface area contributed by atoms with Gasteiger partial charge in [-0.2, -0.15) is 5.10 Å². The van der Waals surface area contributed by atoms with E-state index in [0.29, 0.717) is 32.0 Å². The number of benzene rings is 1. The molecule has 1 amide bonds. The average Bonchev–Trinajstić information content (AvgIpc) is 2.80. The Morgan fingerprint density at radius 2 is 1.91 bits per heavy atom. The Kier molecular flexibility index (Phi) is 8.93. The molecule has 174 valence electrons. The van der Waals surface area contributed by atoms with E-state index in [2.05, 4.69) is 16.9 Å². The van der Waals surface area contributed by atoms with Crippen molar-refractivity contribution in [2.24, 2.45) is 0 Å². The molecule has 0 radical (unpaired) electrons. The molecule has 3 rings (SSSR count). The fraction of sp³-hybridized carbons (Fsp3) is 0.542. The molecular formula is C24H33FN4O3. The number of ether oxygens (including phenoxy) is 1. The zero-order chi connectivity index (χ0) is 22.9. The molecule has 1 fully saturated rings. The third-order valence-electron chi connectivity index (χ3n) is 5.75. The van der Waals surface area contributed by atoms with Gasteiger partial charge in [0.15, 0.2) is 5.69 Å². The number of unbranched alkanes of at least 4 members (excludes halogenated alkanes) is 3. The second-order valence-corrected chi connectivity index (χ2v) is 8.17. The number of carbonyl (C=O) groups is 1. The van der Waals surface area contributed by atoms with Gasteiger partial charge in [0.2, 0.25) is 5.43 Å². The standard InChI is InChI=1S/C24H33FN4O3/c1-3-4-5-8-11-28(13-12-27-14-16-32-17-15-27)24(31)23-22(30)18-19(2)29(26-23)21-10-7-6-9-20(21)25/h6-7,9-10,18H,3-5,8,11-17H2,1-2H3. The molecular weight excluding hydrogens is 411 g/mol. The Hall–Kier alpha value is -2.58. The summed E-state index contributed by atoms with van der Waals surface area (Å²) in [5.74, 6) is -0.862. The van der Waals surface area contributed by atoms with Gasteiger partial charge < -0.3 is 9.64 Å². The number of nitrogens with zero attached hydrogens (tertiary/aromatic N) is 4. The predicted molar refractivity (Wildman–Crippen MR) is 122 cm³/mol. The minimum Gasteiger partial charge on any atom is -0.379 e. The molecule has 1 aromatic heterocycles. The van der Waals surface area contributed by atoms with Crippen LogP contribution in [0.5, 0.6) is 0 Å². The van der Waals surface area contributed by atoms with E-state index < -0.39 is 17.2 Å². The monoisotopic (exact) mass is 444 g/mol. The van der Waals surface area contributed by atoms with E-state index in [9.17, 15) is 14.0 Å². The van der Waals surface area contributed by atoms with Gasteiger partial charge >= 0.3 is 0 Å². The van der Waals surface area contributed by atoms with Crippen molar-refractivity contribution < 1.29 is 13.9 Å². The number of hydrogen-bond acceptors (Lipinski definition) is 5. The molecule has 1 saturated heterocycles. The van der Waals surface area contributed by atoms with Crippen LogP contribution in [0.3, 0.4) is 0 Å². The summed E-state index contributed by atoms with van der Waals surface area (Å²) < 4.78 is 21.1. The molecule has 0 saturated carbocycles. The summed E-state index contributed by atoms with van der Waals surface area (Å²) in [6.07, 6.45) is 4.11. The SMILES string of the molecule is CCCCCCN(CCN1CCOCC1)C(=O)c1nn(-c2ccccc2F)c(C)cc1=O. The lowest BCUT2D eigenvalue weighted by atomic mass is 10.2. The van der Waals surface area contributed by atoms with Gasteiger partial charge in [0.05, 0.1) is 13.2 Å². The van der Waals surface area contributed by atoms with Crippen LogP contribution in [0.2, 0.25) is 0 Å². The van der Waals surface area contributed by atoms with Crippen molar-refractivity contribution in [2.75, 3.05) is 45.9 Å². The molecule has 0 aliphatic carbocycles. The largest absolute Gasteiger partial charge is 0.379 e. The Morgan fingerprint density at radius 3 is 2.62 bits per heavy atom. The van der Waals surface area contributed by atoms with Crippen molar-refractivity contribution >= 4 is 5.91 Å². The van der Waals surface area contributed by atoms with E-state index >= 15 is 0 Å². The summed E-state index contributed by atoms with van der Waals surface area (Å²) in [7, 11) is 0. The van der Waals surface area contributed by atoms with E-state index in [1.165, 1.54) is 16.8 Å².